The molecule has 3 aromatic rings. The maximum Gasteiger partial charge on any atom is 0.338 e. The largest absolute Gasteiger partial charge is 0.455 e. The molecule has 25 heavy (non-hydrogen) atoms. The van der Waals surface area contributed by atoms with Crippen LogP contribution in [-0.2, 0) is 11.3 Å². The Hall–Kier alpha value is -2.88. The molecule has 4 heteroatoms. The Labute approximate surface area is 147 Å². The summed E-state index contributed by atoms with van der Waals surface area (Å²) in [4.78, 5) is 16.6. The van der Waals surface area contributed by atoms with Gasteiger partial charge in [-0.15, -0.1) is 0 Å². The summed E-state index contributed by atoms with van der Waals surface area (Å²) in [6.45, 7) is 6.14. The van der Waals surface area contributed by atoms with Gasteiger partial charge in [0.1, 0.15) is 18.1 Å². The Morgan fingerprint density at radius 2 is 1.76 bits per heavy atom. The summed E-state index contributed by atoms with van der Waals surface area (Å²) < 4.78 is 11.1. The van der Waals surface area contributed by atoms with E-state index in [-0.39, 0.29) is 12.6 Å². The molecule has 3 rings (SSSR count). The third kappa shape index (κ3) is 3.97. The molecule has 0 unspecified atom stereocenters. The van der Waals surface area contributed by atoms with Crippen molar-refractivity contribution in [3.8, 4) is 11.5 Å². The van der Waals surface area contributed by atoms with Crippen molar-refractivity contribution >= 4 is 5.97 Å². The summed E-state index contributed by atoms with van der Waals surface area (Å²) in [6, 6.07) is 17.1. The first-order valence-electron chi connectivity index (χ1n) is 8.33. The second-order valence-corrected chi connectivity index (χ2v) is 6.24. The Bertz CT molecular complexity index is 849. The Kier molecular flexibility index (Phi) is 4.98. The number of hydrogen-bond acceptors (Lipinski definition) is 4. The zero-order valence-electron chi connectivity index (χ0n) is 14.7. The van der Waals surface area contributed by atoms with Gasteiger partial charge in [0.2, 0.25) is 5.89 Å². The lowest BCUT2D eigenvalue weighted by atomic mass is 10.0. The number of carbonyl (C=O) groups excluding carboxylic acids is 1. The number of hydrogen-bond donors (Lipinski definition) is 0. The smallest absolute Gasteiger partial charge is 0.338 e. The van der Waals surface area contributed by atoms with E-state index >= 15 is 0 Å². The van der Waals surface area contributed by atoms with Crippen LogP contribution < -0.4 is 0 Å². The molecule has 0 amide bonds. The first-order valence-corrected chi connectivity index (χ1v) is 8.33. The molecule has 0 aliphatic carbocycles. The van der Waals surface area contributed by atoms with E-state index < -0.39 is 0 Å². The molecule has 4 nitrogen and oxygen atoms in total. The molecule has 2 aromatic carbocycles. The second kappa shape index (κ2) is 7.34. The van der Waals surface area contributed by atoms with Crippen LogP contribution in [-0.4, -0.2) is 11.0 Å². The Balaban J connectivity index is 1.67. The quantitative estimate of drug-likeness (QED) is 0.607. The molecular weight excluding hydrogens is 314 g/mol. The van der Waals surface area contributed by atoms with E-state index in [1.54, 1.807) is 12.1 Å². The highest BCUT2D eigenvalue weighted by Crippen LogP contribution is 2.22. The number of ether oxygens (including phenoxy) is 1. The number of nitrogens with zero attached hydrogens (tertiary/aromatic N) is 1. The number of rotatable bonds is 5. The van der Waals surface area contributed by atoms with Crippen molar-refractivity contribution in [1.82, 2.24) is 4.98 Å². The maximum absolute atomic E-state index is 12.2. The maximum atomic E-state index is 12.2. The van der Waals surface area contributed by atoms with Crippen LogP contribution in [0.2, 0.25) is 0 Å². The average molecular weight is 335 g/mol. The molecule has 1 heterocycles. The van der Waals surface area contributed by atoms with Gasteiger partial charge in [0, 0.05) is 5.56 Å². The van der Waals surface area contributed by atoms with Crippen LogP contribution in [0, 0.1) is 6.92 Å². The Morgan fingerprint density at radius 1 is 1.08 bits per heavy atom. The minimum atomic E-state index is -0.362. The van der Waals surface area contributed by atoms with Crippen LogP contribution in [0.5, 0.6) is 0 Å². The molecule has 0 saturated heterocycles. The SMILES string of the molecule is Cc1oc(-c2ccccc2)nc1COC(=O)c1ccc(C(C)C)cc1. The van der Waals surface area contributed by atoms with Crippen LogP contribution in [0.1, 0.15) is 47.1 Å². The van der Waals surface area contributed by atoms with E-state index in [2.05, 4.69) is 18.8 Å². The third-order valence-electron chi connectivity index (χ3n) is 4.07. The average Bonchev–Trinajstić information content (AvgIpc) is 3.01. The van der Waals surface area contributed by atoms with Gasteiger partial charge in [0.15, 0.2) is 0 Å². The zero-order valence-corrected chi connectivity index (χ0v) is 14.7. The highest BCUT2D eigenvalue weighted by Gasteiger charge is 2.14. The van der Waals surface area contributed by atoms with E-state index in [4.69, 9.17) is 9.15 Å². The lowest BCUT2D eigenvalue weighted by Crippen LogP contribution is -2.06. The summed E-state index contributed by atoms with van der Waals surface area (Å²) in [5.74, 6) is 1.26. The third-order valence-corrected chi connectivity index (χ3v) is 4.07. The van der Waals surface area contributed by atoms with Gasteiger partial charge in [-0.3, -0.25) is 0 Å². The molecule has 0 bridgehead atoms. The summed E-state index contributed by atoms with van der Waals surface area (Å²) >= 11 is 0. The van der Waals surface area contributed by atoms with Gasteiger partial charge in [-0.25, -0.2) is 9.78 Å². The molecule has 128 valence electrons. The van der Waals surface area contributed by atoms with Gasteiger partial charge in [0.25, 0.3) is 0 Å². The van der Waals surface area contributed by atoms with Crippen molar-refractivity contribution in [1.29, 1.82) is 0 Å². The van der Waals surface area contributed by atoms with Crippen molar-refractivity contribution in [2.45, 2.75) is 33.3 Å². The lowest BCUT2D eigenvalue weighted by Gasteiger charge is -2.07. The van der Waals surface area contributed by atoms with Gasteiger partial charge in [-0.1, -0.05) is 44.2 Å². The van der Waals surface area contributed by atoms with Crippen molar-refractivity contribution in [2.75, 3.05) is 0 Å². The van der Waals surface area contributed by atoms with Crippen LogP contribution >= 0.6 is 0 Å². The van der Waals surface area contributed by atoms with E-state index in [9.17, 15) is 4.79 Å². The fourth-order valence-electron chi connectivity index (χ4n) is 2.49. The zero-order chi connectivity index (χ0) is 17.8. The van der Waals surface area contributed by atoms with Gasteiger partial charge < -0.3 is 9.15 Å². The fourth-order valence-corrected chi connectivity index (χ4v) is 2.49. The first-order chi connectivity index (χ1) is 12.0. The second-order valence-electron chi connectivity index (χ2n) is 6.24. The van der Waals surface area contributed by atoms with E-state index in [0.717, 1.165) is 5.56 Å². The molecule has 0 fully saturated rings. The van der Waals surface area contributed by atoms with Crippen molar-refractivity contribution in [3.05, 3.63) is 77.2 Å². The fraction of sp³-hybridized carbons (Fsp3) is 0.238. The highest BCUT2D eigenvalue weighted by molar-refractivity contribution is 5.89. The molecule has 1 aromatic heterocycles. The van der Waals surface area contributed by atoms with Crippen LogP contribution in [0.25, 0.3) is 11.5 Å². The molecule has 0 saturated carbocycles. The molecule has 0 radical (unpaired) electrons. The number of oxazole rings is 1. The topological polar surface area (TPSA) is 52.3 Å². The van der Waals surface area contributed by atoms with Gasteiger partial charge in [-0.2, -0.15) is 0 Å². The van der Waals surface area contributed by atoms with Gasteiger partial charge >= 0.3 is 5.97 Å². The molecular formula is C21H21NO3. The first kappa shape index (κ1) is 17.0. The number of esters is 1. The molecule has 0 aliphatic heterocycles. The minimum absolute atomic E-state index is 0.0902. The highest BCUT2D eigenvalue weighted by atomic mass is 16.5. The molecule has 0 N–H and O–H groups in total. The van der Waals surface area contributed by atoms with Crippen molar-refractivity contribution < 1.29 is 13.9 Å². The summed E-state index contributed by atoms with van der Waals surface area (Å²) in [7, 11) is 0. The Morgan fingerprint density at radius 3 is 2.40 bits per heavy atom. The predicted molar refractivity (Wildman–Crippen MR) is 96.3 cm³/mol. The van der Waals surface area contributed by atoms with Gasteiger partial charge in [-0.05, 0) is 42.7 Å². The van der Waals surface area contributed by atoms with Crippen LogP contribution in [0.3, 0.4) is 0 Å². The number of carbonyl (C=O) groups is 1. The van der Waals surface area contributed by atoms with Gasteiger partial charge in [0.05, 0.1) is 5.56 Å². The van der Waals surface area contributed by atoms with Crippen LogP contribution in [0.15, 0.2) is 59.0 Å². The molecule has 0 aliphatic rings. The van der Waals surface area contributed by atoms with Crippen molar-refractivity contribution in [2.24, 2.45) is 0 Å². The standard InChI is InChI=1S/C21H21NO3/c1-14(2)16-9-11-18(12-10-16)21(23)24-13-19-15(3)25-20(22-19)17-7-5-4-6-8-17/h4-12,14H,13H2,1-3H3. The van der Waals surface area contributed by atoms with E-state index in [1.807, 2.05) is 49.4 Å². The number of aromatic nitrogens is 1. The minimum Gasteiger partial charge on any atom is -0.455 e. The monoisotopic (exact) mass is 335 g/mol. The van der Waals surface area contributed by atoms with E-state index in [0.29, 0.717) is 28.8 Å². The number of benzene rings is 2. The lowest BCUT2D eigenvalue weighted by molar-refractivity contribution is 0.0467. The summed E-state index contributed by atoms with van der Waals surface area (Å²) in [5.41, 5.74) is 3.25. The summed E-state index contributed by atoms with van der Waals surface area (Å²) in [5, 5.41) is 0. The molecule has 0 atom stereocenters. The summed E-state index contributed by atoms with van der Waals surface area (Å²) in [6.07, 6.45) is 0. The van der Waals surface area contributed by atoms with E-state index in [1.165, 1.54) is 5.56 Å². The normalized spacial score (nSPS) is 10.9. The molecule has 0 spiro atoms. The van der Waals surface area contributed by atoms with Crippen LogP contribution in [0.4, 0.5) is 0 Å². The van der Waals surface area contributed by atoms with Crippen molar-refractivity contribution in [3.63, 3.8) is 0 Å². The number of aryl methyl sites for hydroxylation is 1. The predicted octanol–water partition coefficient (Wildman–Crippen LogP) is 5.13.